The molecule has 0 spiro atoms. The Labute approximate surface area is 195 Å². The lowest BCUT2D eigenvalue weighted by Gasteiger charge is -2.11. The van der Waals surface area contributed by atoms with Crippen LogP contribution in [0.4, 0.5) is 0 Å². The van der Waals surface area contributed by atoms with Crippen molar-refractivity contribution in [3.63, 3.8) is 0 Å². The van der Waals surface area contributed by atoms with Gasteiger partial charge in [-0.1, -0.05) is 42.0 Å². The Kier molecular flexibility index (Phi) is 9.66. The van der Waals surface area contributed by atoms with Crippen molar-refractivity contribution in [3.8, 4) is 17.1 Å². The van der Waals surface area contributed by atoms with Crippen LogP contribution in [0.1, 0.15) is 23.9 Å². The molecule has 3 aromatic rings. The summed E-state index contributed by atoms with van der Waals surface area (Å²) in [5.74, 6) is 2.96. The lowest BCUT2D eigenvalue weighted by atomic mass is 10.1. The molecule has 0 fully saturated rings. The number of oxazole rings is 1. The molecule has 0 bridgehead atoms. The Bertz CT molecular complexity index is 921. The van der Waals surface area contributed by atoms with Crippen LogP contribution in [0.25, 0.3) is 11.3 Å². The lowest BCUT2D eigenvalue weighted by molar-refractivity contribution is 0.414. The second-order valence-electron chi connectivity index (χ2n) is 6.70. The monoisotopic (exact) mass is 520 g/mol. The minimum absolute atomic E-state index is 0. The number of nitrogens with one attached hydrogen (secondary N) is 2. The number of nitrogens with zero attached hydrogens (tertiary/aromatic N) is 2. The van der Waals surface area contributed by atoms with Gasteiger partial charge in [0.15, 0.2) is 11.7 Å². The molecule has 0 saturated carbocycles. The first kappa shape index (κ1) is 23.7. The van der Waals surface area contributed by atoms with Crippen LogP contribution >= 0.6 is 24.0 Å². The van der Waals surface area contributed by atoms with Crippen molar-refractivity contribution in [2.45, 2.75) is 26.8 Å². The van der Waals surface area contributed by atoms with Crippen LogP contribution < -0.4 is 15.4 Å². The summed E-state index contributed by atoms with van der Waals surface area (Å²) in [6.45, 7) is 6.05. The lowest BCUT2D eigenvalue weighted by Crippen LogP contribution is -2.38. The second-order valence-corrected chi connectivity index (χ2v) is 6.70. The van der Waals surface area contributed by atoms with E-state index in [1.165, 1.54) is 11.1 Å². The number of aliphatic imine (C=N–C) groups is 1. The molecule has 160 valence electrons. The van der Waals surface area contributed by atoms with Gasteiger partial charge in [-0.25, -0.2) is 9.98 Å². The molecule has 30 heavy (non-hydrogen) atoms. The smallest absolute Gasteiger partial charge is 0.216 e. The van der Waals surface area contributed by atoms with Crippen LogP contribution in [0.2, 0.25) is 0 Å². The fraction of sp³-hybridized carbons (Fsp3) is 0.304. The van der Waals surface area contributed by atoms with Gasteiger partial charge in [-0.3, -0.25) is 0 Å². The predicted molar refractivity (Wildman–Crippen MR) is 132 cm³/mol. The third kappa shape index (κ3) is 7.05. The van der Waals surface area contributed by atoms with Crippen molar-refractivity contribution >= 4 is 29.9 Å². The number of hydrogen-bond acceptors (Lipinski definition) is 4. The predicted octanol–water partition coefficient (Wildman–Crippen LogP) is 4.57. The average Bonchev–Trinajstić information content (AvgIpc) is 3.22. The summed E-state index contributed by atoms with van der Waals surface area (Å²) in [6.07, 6.45) is 2.64. The molecule has 1 aromatic heterocycles. The quantitative estimate of drug-likeness (QED) is 0.259. The van der Waals surface area contributed by atoms with Crippen molar-refractivity contribution in [3.05, 3.63) is 71.7 Å². The van der Waals surface area contributed by atoms with Crippen LogP contribution in [0, 0.1) is 6.92 Å². The van der Waals surface area contributed by atoms with Crippen molar-refractivity contribution < 1.29 is 9.15 Å². The molecule has 0 unspecified atom stereocenters. The Morgan fingerprint density at radius 3 is 2.47 bits per heavy atom. The largest absolute Gasteiger partial charge is 0.497 e. The molecule has 0 atom stereocenters. The van der Waals surface area contributed by atoms with Gasteiger partial charge in [0.05, 0.1) is 13.3 Å². The number of ether oxygens (including phenoxy) is 1. The number of methoxy groups -OCH3 is 1. The van der Waals surface area contributed by atoms with Crippen molar-refractivity contribution in [1.29, 1.82) is 0 Å². The molecule has 0 aliphatic carbocycles. The van der Waals surface area contributed by atoms with E-state index in [1.54, 1.807) is 13.3 Å². The molecule has 0 radical (unpaired) electrons. The molecule has 0 saturated heterocycles. The van der Waals surface area contributed by atoms with E-state index in [0.29, 0.717) is 12.4 Å². The molecule has 2 N–H and O–H groups in total. The summed E-state index contributed by atoms with van der Waals surface area (Å²) in [4.78, 5) is 8.93. The number of benzene rings is 2. The minimum Gasteiger partial charge on any atom is -0.497 e. The van der Waals surface area contributed by atoms with Gasteiger partial charge < -0.3 is 19.8 Å². The minimum atomic E-state index is 0. The number of aromatic nitrogens is 1. The zero-order chi connectivity index (χ0) is 20.5. The third-order valence-electron chi connectivity index (χ3n) is 4.47. The fourth-order valence-electron chi connectivity index (χ4n) is 2.84. The Morgan fingerprint density at radius 1 is 1.07 bits per heavy atom. The summed E-state index contributed by atoms with van der Waals surface area (Å²) in [7, 11) is 1.67. The summed E-state index contributed by atoms with van der Waals surface area (Å²) >= 11 is 0. The van der Waals surface area contributed by atoms with Gasteiger partial charge in [0.25, 0.3) is 0 Å². The van der Waals surface area contributed by atoms with Gasteiger partial charge in [-0.15, -0.1) is 24.0 Å². The highest BCUT2D eigenvalue weighted by atomic mass is 127. The zero-order valence-electron chi connectivity index (χ0n) is 17.6. The SMILES string of the molecule is CCNC(=NCc1ncc(-c2ccc(C)cc2)o1)NCCc1ccc(OC)cc1.I. The van der Waals surface area contributed by atoms with Crippen LogP contribution in [0.15, 0.2) is 64.1 Å². The topological polar surface area (TPSA) is 71.7 Å². The van der Waals surface area contributed by atoms with E-state index in [1.807, 2.05) is 31.2 Å². The third-order valence-corrected chi connectivity index (χ3v) is 4.47. The molecule has 2 aromatic carbocycles. The standard InChI is InChI=1S/C23H28N4O2.HI/c1-4-24-23(25-14-13-18-7-11-20(28-3)12-8-18)27-16-22-26-15-21(29-22)19-9-5-17(2)6-10-19;/h5-12,15H,4,13-14,16H2,1-3H3,(H2,24,25,27);1H. The van der Waals surface area contributed by atoms with Crippen molar-refractivity contribution in [2.24, 2.45) is 4.99 Å². The highest BCUT2D eigenvalue weighted by Crippen LogP contribution is 2.21. The van der Waals surface area contributed by atoms with E-state index in [2.05, 4.69) is 51.8 Å². The highest BCUT2D eigenvalue weighted by Gasteiger charge is 2.06. The average molecular weight is 520 g/mol. The van der Waals surface area contributed by atoms with Gasteiger partial charge in [0, 0.05) is 18.7 Å². The molecular formula is C23H29IN4O2. The number of aryl methyl sites for hydroxylation is 1. The van der Waals surface area contributed by atoms with Gasteiger partial charge in [0.2, 0.25) is 5.89 Å². The number of rotatable bonds is 8. The Balaban J connectivity index is 0.00000320. The molecule has 1 heterocycles. The molecule has 6 nitrogen and oxygen atoms in total. The molecule has 0 aliphatic heterocycles. The summed E-state index contributed by atoms with van der Waals surface area (Å²) in [5, 5.41) is 6.60. The van der Waals surface area contributed by atoms with Crippen LogP contribution in [0.3, 0.4) is 0 Å². The Hall–Kier alpha value is -2.55. The van der Waals surface area contributed by atoms with E-state index in [9.17, 15) is 0 Å². The first-order chi connectivity index (χ1) is 14.2. The highest BCUT2D eigenvalue weighted by molar-refractivity contribution is 14.0. The first-order valence-corrected chi connectivity index (χ1v) is 9.84. The molecule has 0 amide bonds. The first-order valence-electron chi connectivity index (χ1n) is 9.84. The Morgan fingerprint density at radius 2 is 1.80 bits per heavy atom. The van der Waals surface area contributed by atoms with Crippen LogP contribution in [0.5, 0.6) is 5.75 Å². The van der Waals surface area contributed by atoms with Gasteiger partial charge in [0.1, 0.15) is 12.3 Å². The molecule has 7 heteroatoms. The van der Waals surface area contributed by atoms with E-state index in [4.69, 9.17) is 9.15 Å². The van der Waals surface area contributed by atoms with Crippen LogP contribution in [-0.2, 0) is 13.0 Å². The van der Waals surface area contributed by atoms with Gasteiger partial charge in [-0.2, -0.15) is 0 Å². The maximum absolute atomic E-state index is 5.85. The van der Waals surface area contributed by atoms with E-state index in [-0.39, 0.29) is 24.0 Å². The van der Waals surface area contributed by atoms with E-state index >= 15 is 0 Å². The molecule has 0 aliphatic rings. The van der Waals surface area contributed by atoms with E-state index in [0.717, 1.165) is 42.5 Å². The van der Waals surface area contributed by atoms with Crippen molar-refractivity contribution in [2.75, 3.05) is 20.2 Å². The van der Waals surface area contributed by atoms with Gasteiger partial charge >= 0.3 is 0 Å². The van der Waals surface area contributed by atoms with Crippen LogP contribution in [-0.4, -0.2) is 31.1 Å². The summed E-state index contributed by atoms with van der Waals surface area (Å²) < 4.78 is 11.0. The van der Waals surface area contributed by atoms with Crippen molar-refractivity contribution in [1.82, 2.24) is 15.6 Å². The van der Waals surface area contributed by atoms with Gasteiger partial charge in [-0.05, 0) is 38.0 Å². The number of guanidine groups is 1. The fourth-order valence-corrected chi connectivity index (χ4v) is 2.84. The number of hydrogen-bond donors (Lipinski definition) is 2. The zero-order valence-corrected chi connectivity index (χ0v) is 20.0. The molecule has 3 rings (SSSR count). The summed E-state index contributed by atoms with van der Waals surface area (Å²) in [6, 6.07) is 16.3. The number of halogens is 1. The summed E-state index contributed by atoms with van der Waals surface area (Å²) in [5.41, 5.74) is 3.47. The van der Waals surface area contributed by atoms with E-state index < -0.39 is 0 Å². The second kappa shape index (κ2) is 12.2. The molecular weight excluding hydrogens is 491 g/mol. The maximum atomic E-state index is 5.85. The normalized spacial score (nSPS) is 11.0. The maximum Gasteiger partial charge on any atom is 0.216 e.